The van der Waals surface area contributed by atoms with E-state index < -0.39 is 57.9 Å². The van der Waals surface area contributed by atoms with Crippen LogP contribution in [0.3, 0.4) is 0 Å². The maximum absolute atomic E-state index is 14.7. The second-order valence-corrected chi connectivity index (χ2v) is 14.8. The molecule has 3 aromatic carbocycles. The molecule has 4 heterocycles. The van der Waals surface area contributed by atoms with E-state index in [1.54, 1.807) is 57.3 Å². The minimum atomic E-state index is -1.51. The van der Waals surface area contributed by atoms with Crippen molar-refractivity contribution >= 4 is 40.1 Å². The predicted octanol–water partition coefficient (Wildman–Crippen LogP) is 4.08. The molecule has 2 amide bonds. The van der Waals surface area contributed by atoms with Crippen LogP contribution in [0.15, 0.2) is 74.6 Å². The number of fused-ring (bicyclic) bond motifs is 5. The smallest absolute Gasteiger partial charge is 0.347 e. The van der Waals surface area contributed by atoms with Gasteiger partial charge in [0.25, 0.3) is 5.56 Å². The van der Waals surface area contributed by atoms with E-state index in [2.05, 4.69) is 4.98 Å². The first-order valence-corrected chi connectivity index (χ1v) is 18.7. The second-order valence-electron chi connectivity index (χ2n) is 14.4. The molecular weight excluding hydrogens is 763 g/mol. The average molecular weight is 801 g/mol. The highest BCUT2D eigenvalue weighted by atomic mass is 35.5. The third kappa shape index (κ3) is 5.51. The van der Waals surface area contributed by atoms with Crippen molar-refractivity contribution < 1.29 is 33.3 Å². The van der Waals surface area contributed by atoms with Crippen LogP contribution in [0.5, 0.6) is 23.0 Å². The number of para-hydroxylation sites is 1. The Labute approximate surface area is 328 Å². The molecule has 0 spiro atoms. The molecule has 0 radical (unpaired) electrons. The molecule has 0 unspecified atom stereocenters. The minimum Gasteiger partial charge on any atom is -0.504 e. The number of phenolic OH excluding ortho intramolecular Hbond substituents is 1. The highest BCUT2D eigenvalue weighted by Crippen LogP contribution is 2.62. The van der Waals surface area contributed by atoms with Crippen LogP contribution in [0.1, 0.15) is 43.5 Å². The fourth-order valence-corrected chi connectivity index (χ4v) is 9.04. The van der Waals surface area contributed by atoms with Gasteiger partial charge in [0, 0.05) is 43.6 Å². The minimum absolute atomic E-state index is 0.0534. The van der Waals surface area contributed by atoms with Crippen molar-refractivity contribution in [2.24, 2.45) is 18.4 Å². The number of halogens is 2. The average Bonchev–Trinajstić information content (AvgIpc) is 3.56. The van der Waals surface area contributed by atoms with Crippen molar-refractivity contribution in [3.8, 4) is 23.0 Å². The molecule has 8 rings (SSSR count). The summed E-state index contributed by atoms with van der Waals surface area (Å²) in [5.74, 6) is -3.21. The summed E-state index contributed by atoms with van der Waals surface area (Å²) in [5, 5.41) is 11.4. The largest absolute Gasteiger partial charge is 0.504 e. The van der Waals surface area contributed by atoms with Gasteiger partial charge in [0.1, 0.15) is 11.5 Å². The van der Waals surface area contributed by atoms with Gasteiger partial charge in [0.05, 0.1) is 66.5 Å². The van der Waals surface area contributed by atoms with Gasteiger partial charge in [-0.25, -0.2) is 37.8 Å². The Hall–Kier alpha value is -6.16. The SMILES string of the molecule is CCOc1cccc([C@H]2C3=CCn4c(=O)n(CCc5nc6cc(OC)c(OC)cc6n(C)c5=O)c(=O)n4[C@@H]3C[C@H]3C(=O)N(c4ccc(F)c(Cl)c4)C(=O)[C@@]23C)c1O. The number of rotatable bonds is 9. The maximum atomic E-state index is 14.7. The number of benzene rings is 3. The number of allylic oxidation sites excluding steroid dienone is 2. The Morgan fingerprint density at radius 3 is 2.44 bits per heavy atom. The summed E-state index contributed by atoms with van der Waals surface area (Å²) in [6.07, 6.45) is 1.64. The molecule has 17 heteroatoms. The van der Waals surface area contributed by atoms with E-state index in [1.165, 1.54) is 40.3 Å². The second kappa shape index (κ2) is 13.8. The Morgan fingerprint density at radius 1 is 1.00 bits per heavy atom. The van der Waals surface area contributed by atoms with Crippen LogP contribution in [0, 0.1) is 17.2 Å². The Morgan fingerprint density at radius 2 is 1.74 bits per heavy atom. The van der Waals surface area contributed by atoms with Crippen LogP contribution in [0.25, 0.3) is 11.0 Å². The molecule has 5 aromatic rings. The first-order chi connectivity index (χ1) is 27.3. The van der Waals surface area contributed by atoms with E-state index in [4.69, 9.17) is 25.8 Å². The number of nitrogens with zero attached hydrogens (tertiary/aromatic N) is 6. The molecule has 2 aliphatic heterocycles. The molecule has 1 saturated carbocycles. The zero-order valence-electron chi connectivity index (χ0n) is 31.6. The van der Waals surface area contributed by atoms with E-state index in [1.807, 2.05) is 0 Å². The lowest BCUT2D eigenvalue weighted by molar-refractivity contribution is -0.129. The molecule has 0 bridgehead atoms. The molecule has 1 N–H and O–H groups in total. The number of amides is 2. The van der Waals surface area contributed by atoms with Gasteiger partial charge in [-0.1, -0.05) is 29.8 Å². The summed E-state index contributed by atoms with van der Waals surface area (Å²) in [7, 11) is 4.55. The molecule has 1 aliphatic carbocycles. The molecule has 4 atom stereocenters. The van der Waals surface area contributed by atoms with Gasteiger partial charge >= 0.3 is 11.4 Å². The van der Waals surface area contributed by atoms with Crippen LogP contribution in [0.2, 0.25) is 5.02 Å². The van der Waals surface area contributed by atoms with Gasteiger partial charge in [0.15, 0.2) is 23.0 Å². The van der Waals surface area contributed by atoms with E-state index in [0.717, 1.165) is 15.5 Å². The molecule has 1 saturated heterocycles. The normalized spacial score (nSPS) is 21.3. The number of anilines is 1. The molecule has 2 fully saturated rings. The van der Waals surface area contributed by atoms with Gasteiger partial charge in [-0.2, -0.15) is 0 Å². The van der Waals surface area contributed by atoms with E-state index >= 15 is 0 Å². The zero-order chi connectivity index (χ0) is 40.7. The topological polar surface area (TPSA) is 169 Å². The van der Waals surface area contributed by atoms with Gasteiger partial charge in [-0.05, 0) is 50.1 Å². The van der Waals surface area contributed by atoms with Crippen LogP contribution in [-0.2, 0) is 36.1 Å². The van der Waals surface area contributed by atoms with Gasteiger partial charge in [0.2, 0.25) is 11.8 Å². The first-order valence-electron chi connectivity index (χ1n) is 18.3. The number of aromatic nitrogens is 5. The molecule has 296 valence electrons. The fourth-order valence-electron chi connectivity index (χ4n) is 8.86. The number of carbonyl (C=O) groups is 2. The summed E-state index contributed by atoms with van der Waals surface area (Å²) in [6, 6.07) is 10.8. The summed E-state index contributed by atoms with van der Waals surface area (Å²) >= 11 is 6.10. The van der Waals surface area contributed by atoms with Crippen LogP contribution >= 0.6 is 11.6 Å². The number of phenols is 1. The van der Waals surface area contributed by atoms with Gasteiger partial charge in [-0.15, -0.1) is 0 Å². The molecule has 57 heavy (non-hydrogen) atoms. The quantitative estimate of drug-likeness (QED) is 0.169. The van der Waals surface area contributed by atoms with E-state index in [9.17, 15) is 33.5 Å². The maximum Gasteiger partial charge on any atom is 0.347 e. The summed E-state index contributed by atoms with van der Waals surface area (Å²) in [6.45, 7) is 3.39. The summed E-state index contributed by atoms with van der Waals surface area (Å²) in [4.78, 5) is 76.6. The third-order valence-corrected chi connectivity index (χ3v) is 11.9. The van der Waals surface area contributed by atoms with Crippen molar-refractivity contribution in [3.63, 3.8) is 0 Å². The van der Waals surface area contributed by atoms with Gasteiger partial charge < -0.3 is 23.9 Å². The number of aryl methyl sites for hydroxylation is 2. The summed E-state index contributed by atoms with van der Waals surface area (Å²) < 4.78 is 35.8. The molecule has 15 nitrogen and oxygen atoms in total. The lowest BCUT2D eigenvalue weighted by Crippen LogP contribution is -2.49. The zero-order valence-corrected chi connectivity index (χ0v) is 32.4. The Kier molecular flexibility index (Phi) is 9.13. The number of methoxy groups -OCH3 is 2. The number of ether oxygens (including phenoxy) is 3. The number of hydrogen-bond acceptors (Lipinski definition) is 10. The Bertz CT molecular complexity index is 2750. The number of aromatic hydroxyl groups is 1. The number of hydrogen-bond donors (Lipinski definition) is 1. The van der Waals surface area contributed by atoms with Crippen LogP contribution in [-0.4, -0.2) is 61.2 Å². The summed E-state index contributed by atoms with van der Waals surface area (Å²) in [5.41, 5.74) is -1.29. The lowest BCUT2D eigenvalue weighted by Gasteiger charge is -2.47. The number of carbonyl (C=O) groups excluding carboxylic acids is 2. The predicted molar refractivity (Wildman–Crippen MR) is 206 cm³/mol. The monoisotopic (exact) mass is 800 g/mol. The van der Waals surface area contributed by atoms with Crippen molar-refractivity contribution in [1.82, 2.24) is 23.5 Å². The fraction of sp³-hybridized carbons (Fsp3) is 0.350. The van der Waals surface area contributed by atoms with E-state index in [-0.39, 0.29) is 60.4 Å². The van der Waals surface area contributed by atoms with Crippen molar-refractivity contribution in [3.05, 3.63) is 114 Å². The highest BCUT2D eigenvalue weighted by molar-refractivity contribution is 6.31. The third-order valence-electron chi connectivity index (χ3n) is 11.6. The molecule has 2 aromatic heterocycles. The molecular formula is C40H38ClFN6O9. The first kappa shape index (κ1) is 37.7. The standard InChI is InChI=1S/C40H38ClFN6O9/c1-6-57-30-9-7-8-22(34(30)49)33-21-12-15-46-38(53)45(14-13-26-36(51)44(3)29-19-32(56-5)31(55-4)18-27(29)43-26)39(54)48(46)28(21)17-23-35(50)47(37(52)40(23,33)2)20-10-11-25(42)24(41)16-20/h7-12,16,18-19,23,28,33,49H,6,13-15,17H2,1-5H3/t23-,28+,33+,40+/m0/s1. The van der Waals surface area contributed by atoms with Crippen LogP contribution < -0.4 is 36.0 Å². The van der Waals surface area contributed by atoms with Gasteiger partial charge in [-0.3, -0.25) is 14.4 Å². The van der Waals surface area contributed by atoms with Crippen molar-refractivity contribution in [1.29, 1.82) is 0 Å². The van der Waals surface area contributed by atoms with E-state index in [0.29, 0.717) is 33.7 Å². The van der Waals surface area contributed by atoms with Crippen molar-refractivity contribution in [2.45, 2.75) is 51.7 Å². The highest BCUT2D eigenvalue weighted by Gasteiger charge is 2.66. The number of imide groups is 1. The lowest BCUT2D eigenvalue weighted by atomic mass is 9.56. The van der Waals surface area contributed by atoms with Crippen LogP contribution in [0.4, 0.5) is 10.1 Å². The Balaban J connectivity index is 1.22. The van der Waals surface area contributed by atoms with Crippen molar-refractivity contribution in [2.75, 3.05) is 25.7 Å². The molecule has 3 aliphatic rings.